The average molecular weight is 261 g/mol. The van der Waals surface area contributed by atoms with E-state index in [4.69, 9.17) is 5.41 Å². The highest BCUT2D eigenvalue weighted by molar-refractivity contribution is 5.92. The molecule has 0 saturated carbocycles. The average Bonchev–Trinajstić information content (AvgIpc) is 2.42. The van der Waals surface area contributed by atoms with Gasteiger partial charge in [-0.15, -0.1) is 0 Å². The van der Waals surface area contributed by atoms with Crippen LogP contribution in [-0.4, -0.2) is 5.71 Å². The summed E-state index contributed by atoms with van der Waals surface area (Å²) in [7, 11) is 0. The fraction of sp³-hybridized carbons (Fsp3) is 0.500. The molecule has 0 fully saturated rings. The molecule has 19 heavy (non-hydrogen) atoms. The van der Waals surface area contributed by atoms with Gasteiger partial charge in [0.05, 0.1) is 0 Å². The SMILES string of the molecule is CC.CC.CC(C)=CC(=N)CCc1ccc(C)cc1. The van der Waals surface area contributed by atoms with Crippen LogP contribution in [0.3, 0.4) is 0 Å². The lowest BCUT2D eigenvalue weighted by atomic mass is 10.0. The van der Waals surface area contributed by atoms with E-state index in [1.165, 1.54) is 16.7 Å². The van der Waals surface area contributed by atoms with Crippen molar-refractivity contribution in [2.45, 2.75) is 61.3 Å². The van der Waals surface area contributed by atoms with Crippen LogP contribution in [0.1, 0.15) is 59.1 Å². The summed E-state index contributed by atoms with van der Waals surface area (Å²) in [6.45, 7) is 14.1. The third kappa shape index (κ3) is 11.5. The predicted octanol–water partition coefficient (Wildman–Crippen LogP) is 5.97. The van der Waals surface area contributed by atoms with Crippen molar-refractivity contribution in [2.75, 3.05) is 0 Å². The van der Waals surface area contributed by atoms with E-state index in [1.807, 2.05) is 47.6 Å². The molecule has 1 N–H and O–H groups in total. The van der Waals surface area contributed by atoms with Crippen molar-refractivity contribution in [3.63, 3.8) is 0 Å². The smallest absolute Gasteiger partial charge is 0.0316 e. The Balaban J connectivity index is 0. The van der Waals surface area contributed by atoms with Gasteiger partial charge in [0.2, 0.25) is 0 Å². The fourth-order valence-electron chi connectivity index (χ4n) is 1.45. The van der Waals surface area contributed by atoms with Crippen LogP contribution >= 0.6 is 0 Å². The van der Waals surface area contributed by atoms with E-state index in [0.717, 1.165) is 18.6 Å². The molecule has 0 saturated heterocycles. The second kappa shape index (κ2) is 13.1. The van der Waals surface area contributed by atoms with Crippen molar-refractivity contribution in [3.05, 3.63) is 47.0 Å². The molecule has 0 atom stereocenters. The Kier molecular flexibility index (Phi) is 13.7. The summed E-state index contributed by atoms with van der Waals surface area (Å²) in [5, 5.41) is 7.73. The molecule has 1 aromatic rings. The van der Waals surface area contributed by atoms with Crippen LogP contribution in [0, 0.1) is 12.3 Å². The maximum Gasteiger partial charge on any atom is 0.0316 e. The van der Waals surface area contributed by atoms with Gasteiger partial charge in [-0.1, -0.05) is 63.1 Å². The third-order valence-electron chi connectivity index (χ3n) is 2.27. The maximum absolute atomic E-state index is 7.73. The molecule has 0 radical (unpaired) electrons. The molecule has 0 bridgehead atoms. The van der Waals surface area contributed by atoms with Crippen molar-refractivity contribution >= 4 is 5.71 Å². The Morgan fingerprint density at radius 2 is 1.47 bits per heavy atom. The lowest BCUT2D eigenvalue weighted by molar-refractivity contribution is 1.03. The first-order valence-electron chi connectivity index (χ1n) is 7.36. The van der Waals surface area contributed by atoms with E-state index in [-0.39, 0.29) is 0 Å². The summed E-state index contributed by atoms with van der Waals surface area (Å²) in [5.41, 5.74) is 4.52. The minimum atomic E-state index is 0.718. The van der Waals surface area contributed by atoms with E-state index in [9.17, 15) is 0 Å². The topological polar surface area (TPSA) is 23.9 Å². The minimum absolute atomic E-state index is 0.718. The normalized spacial score (nSPS) is 8.37. The van der Waals surface area contributed by atoms with Crippen LogP contribution in [0.2, 0.25) is 0 Å². The van der Waals surface area contributed by atoms with Crippen molar-refractivity contribution in [2.24, 2.45) is 0 Å². The Morgan fingerprint density at radius 1 is 1.00 bits per heavy atom. The number of rotatable bonds is 4. The zero-order valence-corrected chi connectivity index (χ0v) is 13.8. The lowest BCUT2D eigenvalue weighted by Gasteiger charge is -2.01. The number of nitrogens with one attached hydrogen (secondary N) is 1. The highest BCUT2D eigenvalue weighted by Crippen LogP contribution is 2.06. The third-order valence-corrected chi connectivity index (χ3v) is 2.27. The molecule has 1 rings (SSSR count). The van der Waals surface area contributed by atoms with E-state index in [1.54, 1.807) is 0 Å². The van der Waals surface area contributed by atoms with Crippen LogP contribution in [0.15, 0.2) is 35.9 Å². The largest absolute Gasteiger partial charge is 0.305 e. The monoisotopic (exact) mass is 261 g/mol. The number of benzene rings is 1. The molecular weight excluding hydrogens is 230 g/mol. The van der Waals surface area contributed by atoms with Gasteiger partial charge in [-0.25, -0.2) is 0 Å². The molecule has 0 aliphatic carbocycles. The first-order valence-corrected chi connectivity index (χ1v) is 7.36. The molecule has 1 aromatic carbocycles. The van der Waals surface area contributed by atoms with Gasteiger partial charge >= 0.3 is 0 Å². The first-order chi connectivity index (χ1) is 9.08. The second-order valence-electron chi connectivity index (χ2n) is 4.23. The molecule has 0 amide bonds. The molecule has 0 spiro atoms. The second-order valence-corrected chi connectivity index (χ2v) is 4.23. The molecule has 0 heterocycles. The predicted molar refractivity (Wildman–Crippen MR) is 89.4 cm³/mol. The Hall–Kier alpha value is -1.37. The zero-order chi connectivity index (χ0) is 15.3. The van der Waals surface area contributed by atoms with Crippen LogP contribution in [0.25, 0.3) is 0 Å². The van der Waals surface area contributed by atoms with Gasteiger partial charge in [-0.2, -0.15) is 0 Å². The van der Waals surface area contributed by atoms with Gasteiger partial charge in [0, 0.05) is 5.71 Å². The first kappa shape index (κ1) is 20.0. The van der Waals surface area contributed by atoms with Crippen LogP contribution in [0.5, 0.6) is 0 Å². The molecule has 0 aliphatic heterocycles. The van der Waals surface area contributed by atoms with Crippen molar-refractivity contribution < 1.29 is 0 Å². The van der Waals surface area contributed by atoms with Gasteiger partial charge in [-0.05, 0) is 45.3 Å². The highest BCUT2D eigenvalue weighted by Gasteiger charge is 1.96. The quantitative estimate of drug-likeness (QED) is 0.646. The van der Waals surface area contributed by atoms with E-state index in [0.29, 0.717) is 0 Å². The van der Waals surface area contributed by atoms with Crippen molar-refractivity contribution in [1.82, 2.24) is 0 Å². The zero-order valence-electron chi connectivity index (χ0n) is 13.8. The summed E-state index contributed by atoms with van der Waals surface area (Å²) in [4.78, 5) is 0. The standard InChI is InChI=1S/C14H19N.2C2H6/c1-11(2)10-14(15)9-8-13-6-4-12(3)5-7-13;2*1-2/h4-7,10,15H,8-9H2,1-3H3;2*1-2H3. The molecular formula is C18H31N. The van der Waals surface area contributed by atoms with Crippen molar-refractivity contribution in [1.29, 1.82) is 5.41 Å². The van der Waals surface area contributed by atoms with E-state index in [2.05, 4.69) is 31.2 Å². The van der Waals surface area contributed by atoms with E-state index < -0.39 is 0 Å². The molecule has 1 heteroatoms. The van der Waals surface area contributed by atoms with Crippen LogP contribution in [-0.2, 0) is 6.42 Å². The Morgan fingerprint density at radius 3 is 1.89 bits per heavy atom. The molecule has 0 aromatic heterocycles. The Labute approximate surface area is 120 Å². The van der Waals surface area contributed by atoms with Gasteiger partial charge in [0.25, 0.3) is 0 Å². The Bertz CT molecular complexity index is 354. The summed E-state index contributed by atoms with van der Waals surface area (Å²) in [5.74, 6) is 0. The highest BCUT2D eigenvalue weighted by atomic mass is 14.4. The van der Waals surface area contributed by atoms with Gasteiger partial charge in [0.1, 0.15) is 0 Å². The molecule has 0 unspecified atom stereocenters. The summed E-state index contributed by atoms with van der Waals surface area (Å²) < 4.78 is 0. The molecule has 0 aliphatic rings. The van der Waals surface area contributed by atoms with Crippen LogP contribution in [0.4, 0.5) is 0 Å². The van der Waals surface area contributed by atoms with Gasteiger partial charge in [-0.3, -0.25) is 0 Å². The number of hydrogen-bond acceptors (Lipinski definition) is 1. The van der Waals surface area contributed by atoms with Crippen molar-refractivity contribution in [3.8, 4) is 0 Å². The number of allylic oxidation sites excluding steroid dienone is 2. The number of hydrogen-bond donors (Lipinski definition) is 1. The van der Waals surface area contributed by atoms with E-state index >= 15 is 0 Å². The fourth-order valence-corrected chi connectivity index (χ4v) is 1.45. The van der Waals surface area contributed by atoms with Gasteiger partial charge < -0.3 is 5.41 Å². The van der Waals surface area contributed by atoms with Crippen LogP contribution < -0.4 is 0 Å². The maximum atomic E-state index is 7.73. The summed E-state index contributed by atoms with van der Waals surface area (Å²) in [6, 6.07) is 8.54. The summed E-state index contributed by atoms with van der Waals surface area (Å²) >= 11 is 0. The molecule has 1 nitrogen and oxygen atoms in total. The summed E-state index contributed by atoms with van der Waals surface area (Å²) in [6.07, 6.45) is 3.73. The lowest BCUT2D eigenvalue weighted by Crippen LogP contribution is -1.95. The number of aryl methyl sites for hydroxylation is 2. The minimum Gasteiger partial charge on any atom is -0.305 e. The molecule has 108 valence electrons. The van der Waals surface area contributed by atoms with Gasteiger partial charge in [0.15, 0.2) is 0 Å².